The van der Waals surface area contributed by atoms with Gasteiger partial charge in [0, 0.05) is 24.8 Å². The van der Waals surface area contributed by atoms with Gasteiger partial charge >= 0.3 is 0 Å². The van der Waals surface area contributed by atoms with Crippen LogP contribution in [0.5, 0.6) is 0 Å². The van der Waals surface area contributed by atoms with E-state index in [9.17, 15) is 0 Å². The molecular weight excluding hydrogens is 212 g/mol. The molecule has 2 unspecified atom stereocenters. The van der Waals surface area contributed by atoms with Crippen molar-refractivity contribution in [3.05, 3.63) is 23.5 Å². The molecule has 0 spiro atoms. The highest BCUT2D eigenvalue weighted by Gasteiger charge is 2.22. The second-order valence-corrected chi connectivity index (χ2v) is 4.26. The number of hydrogen-bond acceptors (Lipinski definition) is 3. The molecule has 15 heavy (non-hydrogen) atoms. The number of nitrogens with one attached hydrogen (secondary N) is 1. The second kappa shape index (κ2) is 4.81. The van der Waals surface area contributed by atoms with Crippen molar-refractivity contribution in [2.24, 2.45) is 5.92 Å². The predicted octanol–water partition coefficient (Wildman–Crippen LogP) is 2.57. The minimum atomic E-state index is 0.370. The van der Waals surface area contributed by atoms with Crippen LogP contribution in [-0.2, 0) is 4.74 Å². The lowest BCUT2D eigenvalue weighted by atomic mass is 10.0. The Morgan fingerprint density at radius 3 is 3.20 bits per heavy atom. The maximum atomic E-state index is 5.97. The van der Waals surface area contributed by atoms with E-state index in [0.717, 1.165) is 25.3 Å². The first-order valence-corrected chi connectivity index (χ1v) is 5.60. The molecule has 1 aromatic heterocycles. The summed E-state index contributed by atoms with van der Waals surface area (Å²) in [5.41, 5.74) is 0.901. The molecule has 0 bridgehead atoms. The maximum Gasteiger partial charge on any atom is 0.152 e. The smallest absolute Gasteiger partial charge is 0.152 e. The molecule has 1 N–H and O–H groups in total. The maximum absolute atomic E-state index is 5.97. The molecule has 1 aliphatic rings. The Bertz CT molecular complexity index is 326. The van der Waals surface area contributed by atoms with Crippen molar-refractivity contribution in [1.29, 1.82) is 0 Å². The topological polar surface area (TPSA) is 34.2 Å². The average molecular weight is 227 g/mol. The van der Waals surface area contributed by atoms with Crippen LogP contribution in [-0.4, -0.2) is 24.2 Å². The zero-order valence-corrected chi connectivity index (χ0v) is 9.50. The molecule has 2 atom stereocenters. The molecule has 4 heteroatoms. The molecule has 0 saturated carbocycles. The molecule has 1 saturated heterocycles. The van der Waals surface area contributed by atoms with Crippen LogP contribution in [0.25, 0.3) is 0 Å². The molecule has 0 amide bonds. The third-order valence-electron chi connectivity index (χ3n) is 2.81. The Morgan fingerprint density at radius 2 is 2.53 bits per heavy atom. The summed E-state index contributed by atoms with van der Waals surface area (Å²) < 4.78 is 5.36. The SMILES string of the molecule is CC(Nc1cccnc1Cl)C1CCOC1. The monoisotopic (exact) mass is 226 g/mol. The quantitative estimate of drug-likeness (QED) is 0.805. The largest absolute Gasteiger partial charge is 0.381 e. The van der Waals surface area contributed by atoms with Crippen molar-refractivity contribution in [2.75, 3.05) is 18.5 Å². The van der Waals surface area contributed by atoms with E-state index in [4.69, 9.17) is 16.3 Å². The first-order valence-electron chi connectivity index (χ1n) is 5.22. The predicted molar refractivity (Wildman–Crippen MR) is 61.3 cm³/mol. The number of halogens is 1. The van der Waals surface area contributed by atoms with Crippen molar-refractivity contribution in [1.82, 2.24) is 4.98 Å². The Labute approximate surface area is 94.8 Å². The summed E-state index contributed by atoms with van der Waals surface area (Å²) in [7, 11) is 0. The molecule has 0 aliphatic carbocycles. The van der Waals surface area contributed by atoms with Gasteiger partial charge in [0.1, 0.15) is 0 Å². The standard InChI is InChI=1S/C11H15ClN2O/c1-8(9-4-6-15-7-9)14-10-3-2-5-13-11(10)12/h2-3,5,8-9,14H,4,6-7H2,1H3. The summed E-state index contributed by atoms with van der Waals surface area (Å²) in [5, 5.41) is 3.91. The van der Waals surface area contributed by atoms with Crippen molar-refractivity contribution < 1.29 is 4.74 Å². The molecule has 1 fully saturated rings. The summed E-state index contributed by atoms with van der Waals surface area (Å²) in [6.45, 7) is 3.87. The van der Waals surface area contributed by atoms with Gasteiger partial charge in [-0.15, -0.1) is 0 Å². The van der Waals surface area contributed by atoms with Gasteiger partial charge in [-0.05, 0) is 25.5 Å². The second-order valence-electron chi connectivity index (χ2n) is 3.90. The normalized spacial score (nSPS) is 22.7. The highest BCUT2D eigenvalue weighted by atomic mass is 35.5. The van der Waals surface area contributed by atoms with Gasteiger partial charge in [0.05, 0.1) is 12.3 Å². The van der Waals surface area contributed by atoms with Crippen molar-refractivity contribution in [2.45, 2.75) is 19.4 Å². The van der Waals surface area contributed by atoms with Gasteiger partial charge in [0.15, 0.2) is 5.15 Å². The van der Waals surface area contributed by atoms with E-state index in [1.807, 2.05) is 12.1 Å². The fourth-order valence-corrected chi connectivity index (χ4v) is 1.98. The first-order chi connectivity index (χ1) is 7.27. The summed E-state index contributed by atoms with van der Waals surface area (Å²) >= 11 is 5.97. The Kier molecular flexibility index (Phi) is 3.44. The van der Waals surface area contributed by atoms with E-state index in [0.29, 0.717) is 17.1 Å². The molecular formula is C11H15ClN2O. The summed E-state index contributed by atoms with van der Waals surface area (Å²) in [4.78, 5) is 4.03. The highest BCUT2D eigenvalue weighted by Crippen LogP contribution is 2.23. The summed E-state index contributed by atoms with van der Waals surface area (Å²) in [6, 6.07) is 4.20. The van der Waals surface area contributed by atoms with E-state index in [2.05, 4.69) is 17.2 Å². The van der Waals surface area contributed by atoms with E-state index in [1.165, 1.54) is 0 Å². The van der Waals surface area contributed by atoms with Crippen LogP contribution in [0.1, 0.15) is 13.3 Å². The van der Waals surface area contributed by atoms with Crippen molar-refractivity contribution in [3.63, 3.8) is 0 Å². The van der Waals surface area contributed by atoms with Gasteiger partial charge in [-0.2, -0.15) is 0 Å². The summed E-state index contributed by atoms with van der Waals surface area (Å²) in [6.07, 6.45) is 2.81. The zero-order valence-electron chi connectivity index (χ0n) is 8.74. The lowest BCUT2D eigenvalue weighted by Gasteiger charge is -2.20. The fourth-order valence-electron chi connectivity index (χ4n) is 1.80. The van der Waals surface area contributed by atoms with E-state index in [-0.39, 0.29) is 0 Å². The van der Waals surface area contributed by atoms with E-state index >= 15 is 0 Å². The molecule has 0 aromatic carbocycles. The number of ether oxygens (including phenoxy) is 1. The number of pyridine rings is 1. The average Bonchev–Trinajstić information content (AvgIpc) is 2.74. The molecule has 1 aromatic rings. The van der Waals surface area contributed by atoms with Crippen LogP contribution in [0.4, 0.5) is 5.69 Å². The Hall–Kier alpha value is -0.800. The van der Waals surface area contributed by atoms with Crippen LogP contribution in [0.15, 0.2) is 18.3 Å². The van der Waals surface area contributed by atoms with Crippen molar-refractivity contribution in [3.8, 4) is 0 Å². The highest BCUT2D eigenvalue weighted by molar-refractivity contribution is 6.31. The molecule has 82 valence electrons. The molecule has 2 rings (SSSR count). The van der Waals surface area contributed by atoms with Gasteiger partial charge in [-0.25, -0.2) is 4.98 Å². The summed E-state index contributed by atoms with van der Waals surface area (Å²) in [5.74, 6) is 0.571. The minimum Gasteiger partial charge on any atom is -0.381 e. The first kappa shape index (κ1) is 10.7. The Morgan fingerprint density at radius 1 is 1.67 bits per heavy atom. The van der Waals surface area contributed by atoms with Gasteiger partial charge in [-0.1, -0.05) is 11.6 Å². The number of anilines is 1. The van der Waals surface area contributed by atoms with Crippen LogP contribution in [0.3, 0.4) is 0 Å². The van der Waals surface area contributed by atoms with Crippen LogP contribution >= 0.6 is 11.6 Å². The molecule has 2 heterocycles. The van der Waals surface area contributed by atoms with Gasteiger partial charge in [-0.3, -0.25) is 0 Å². The van der Waals surface area contributed by atoms with Crippen molar-refractivity contribution >= 4 is 17.3 Å². The van der Waals surface area contributed by atoms with E-state index < -0.39 is 0 Å². The fraction of sp³-hybridized carbons (Fsp3) is 0.545. The lowest BCUT2D eigenvalue weighted by Crippen LogP contribution is -2.26. The number of hydrogen-bond donors (Lipinski definition) is 1. The van der Waals surface area contributed by atoms with Gasteiger partial charge in [0.25, 0.3) is 0 Å². The Balaban J connectivity index is 1.99. The van der Waals surface area contributed by atoms with E-state index in [1.54, 1.807) is 6.20 Å². The molecule has 1 aliphatic heterocycles. The lowest BCUT2D eigenvalue weighted by molar-refractivity contribution is 0.183. The van der Waals surface area contributed by atoms with Gasteiger partial charge < -0.3 is 10.1 Å². The zero-order chi connectivity index (χ0) is 10.7. The molecule has 3 nitrogen and oxygen atoms in total. The third kappa shape index (κ3) is 2.61. The number of aromatic nitrogens is 1. The van der Waals surface area contributed by atoms with Crippen LogP contribution in [0, 0.1) is 5.92 Å². The minimum absolute atomic E-state index is 0.370. The molecule has 0 radical (unpaired) electrons. The third-order valence-corrected chi connectivity index (χ3v) is 3.12. The van der Waals surface area contributed by atoms with Crippen LogP contribution < -0.4 is 5.32 Å². The number of nitrogens with zero attached hydrogens (tertiary/aromatic N) is 1. The van der Waals surface area contributed by atoms with Gasteiger partial charge in [0.2, 0.25) is 0 Å². The van der Waals surface area contributed by atoms with Crippen LogP contribution in [0.2, 0.25) is 5.15 Å². The number of rotatable bonds is 3.